The number of anilines is 1. The van der Waals surface area contributed by atoms with Crippen LogP contribution in [0.25, 0.3) is 0 Å². The van der Waals surface area contributed by atoms with Gasteiger partial charge in [-0.25, -0.2) is 0 Å². The number of aryl methyl sites for hydroxylation is 2. The van der Waals surface area contributed by atoms with Crippen molar-refractivity contribution in [3.63, 3.8) is 0 Å². The molecule has 0 radical (unpaired) electrons. The highest BCUT2D eigenvalue weighted by atomic mass is 15.2. The SMILES string of the molecule is CNCC1CCN(c2c(C)cccc2C)C(C)(C)C1. The van der Waals surface area contributed by atoms with E-state index in [0.717, 1.165) is 12.5 Å². The molecule has 0 saturated carbocycles. The summed E-state index contributed by atoms with van der Waals surface area (Å²) < 4.78 is 0. The summed E-state index contributed by atoms with van der Waals surface area (Å²) in [6.45, 7) is 11.6. The molecule has 1 aliphatic rings. The largest absolute Gasteiger partial charge is 0.366 e. The third kappa shape index (κ3) is 2.94. The summed E-state index contributed by atoms with van der Waals surface area (Å²) in [5.41, 5.74) is 4.51. The molecule has 1 unspecified atom stereocenters. The average Bonchev–Trinajstić information content (AvgIpc) is 2.31. The van der Waals surface area contributed by atoms with Crippen molar-refractivity contribution < 1.29 is 0 Å². The molecule has 0 aliphatic carbocycles. The smallest absolute Gasteiger partial charge is 0.0430 e. The van der Waals surface area contributed by atoms with Crippen LogP contribution in [0.15, 0.2) is 18.2 Å². The van der Waals surface area contributed by atoms with Crippen LogP contribution in [0.1, 0.15) is 37.8 Å². The van der Waals surface area contributed by atoms with Gasteiger partial charge < -0.3 is 10.2 Å². The Labute approximate surface area is 118 Å². The molecule has 0 spiro atoms. The van der Waals surface area contributed by atoms with E-state index in [0.29, 0.717) is 0 Å². The molecule has 1 aliphatic heterocycles. The number of nitrogens with one attached hydrogen (secondary N) is 1. The fraction of sp³-hybridized carbons (Fsp3) is 0.647. The van der Waals surface area contributed by atoms with E-state index >= 15 is 0 Å². The number of nitrogens with zero attached hydrogens (tertiary/aromatic N) is 1. The molecule has 1 heterocycles. The van der Waals surface area contributed by atoms with Gasteiger partial charge in [0.15, 0.2) is 0 Å². The quantitative estimate of drug-likeness (QED) is 0.894. The number of hydrogen-bond acceptors (Lipinski definition) is 2. The molecule has 2 nitrogen and oxygen atoms in total. The molecule has 1 N–H and O–H groups in total. The molecule has 2 rings (SSSR count). The molecule has 1 saturated heterocycles. The lowest BCUT2D eigenvalue weighted by Gasteiger charge is -2.48. The zero-order valence-corrected chi connectivity index (χ0v) is 13.1. The van der Waals surface area contributed by atoms with E-state index in [9.17, 15) is 0 Å². The Hall–Kier alpha value is -1.02. The topological polar surface area (TPSA) is 15.3 Å². The molecule has 106 valence electrons. The van der Waals surface area contributed by atoms with Gasteiger partial charge in [0.1, 0.15) is 0 Å². The monoisotopic (exact) mass is 260 g/mol. The summed E-state index contributed by atoms with van der Waals surface area (Å²) >= 11 is 0. The number of rotatable bonds is 3. The van der Waals surface area contributed by atoms with Gasteiger partial charge in [-0.1, -0.05) is 18.2 Å². The van der Waals surface area contributed by atoms with Gasteiger partial charge in [0.25, 0.3) is 0 Å². The second kappa shape index (κ2) is 5.54. The standard InChI is InChI=1S/C17H28N2/c1-13-7-6-8-14(2)16(13)19-10-9-15(12-18-5)11-17(19,3)4/h6-8,15,18H,9-12H2,1-5H3. The lowest BCUT2D eigenvalue weighted by Crippen LogP contribution is -2.52. The van der Waals surface area contributed by atoms with Gasteiger partial charge in [0.2, 0.25) is 0 Å². The van der Waals surface area contributed by atoms with Crippen molar-refractivity contribution in [1.29, 1.82) is 0 Å². The second-order valence-electron chi connectivity index (χ2n) is 6.62. The van der Waals surface area contributed by atoms with E-state index in [4.69, 9.17) is 0 Å². The third-order valence-electron chi connectivity index (χ3n) is 4.48. The van der Waals surface area contributed by atoms with Gasteiger partial charge in [-0.15, -0.1) is 0 Å². The van der Waals surface area contributed by atoms with E-state index in [-0.39, 0.29) is 5.54 Å². The van der Waals surface area contributed by atoms with Gasteiger partial charge in [-0.05, 0) is 71.2 Å². The summed E-state index contributed by atoms with van der Waals surface area (Å²) in [5.74, 6) is 0.806. The van der Waals surface area contributed by atoms with Crippen LogP contribution in [0.4, 0.5) is 5.69 Å². The first-order valence-electron chi connectivity index (χ1n) is 7.44. The van der Waals surface area contributed by atoms with Crippen LogP contribution in [-0.2, 0) is 0 Å². The molecule has 0 bridgehead atoms. The molecule has 1 atom stereocenters. The fourth-order valence-electron chi connectivity index (χ4n) is 3.64. The molecular weight excluding hydrogens is 232 g/mol. The Morgan fingerprint density at radius 2 is 1.89 bits per heavy atom. The summed E-state index contributed by atoms with van der Waals surface area (Å²) in [7, 11) is 2.06. The zero-order chi connectivity index (χ0) is 14.0. The van der Waals surface area contributed by atoms with E-state index in [1.165, 1.54) is 36.2 Å². The van der Waals surface area contributed by atoms with Crippen LogP contribution >= 0.6 is 0 Å². The Bertz CT molecular complexity index is 417. The van der Waals surface area contributed by atoms with Crippen LogP contribution in [0, 0.1) is 19.8 Å². The number of benzene rings is 1. The van der Waals surface area contributed by atoms with Crippen LogP contribution in [0.3, 0.4) is 0 Å². The number of hydrogen-bond donors (Lipinski definition) is 1. The van der Waals surface area contributed by atoms with Crippen LogP contribution < -0.4 is 10.2 Å². The minimum Gasteiger partial charge on any atom is -0.366 e. The van der Waals surface area contributed by atoms with E-state index in [1.54, 1.807) is 0 Å². The highest BCUT2D eigenvalue weighted by molar-refractivity contribution is 5.60. The summed E-state index contributed by atoms with van der Waals surface area (Å²) in [4.78, 5) is 2.63. The van der Waals surface area contributed by atoms with Gasteiger partial charge in [0.05, 0.1) is 0 Å². The van der Waals surface area contributed by atoms with Crippen molar-refractivity contribution in [3.8, 4) is 0 Å². The minimum atomic E-state index is 0.247. The maximum atomic E-state index is 3.33. The van der Waals surface area contributed by atoms with Crippen LogP contribution in [-0.4, -0.2) is 25.7 Å². The van der Waals surface area contributed by atoms with Gasteiger partial charge in [-0.2, -0.15) is 0 Å². The molecular formula is C17H28N2. The molecule has 1 aromatic rings. The number of para-hydroxylation sites is 1. The normalized spacial score (nSPS) is 22.6. The molecule has 0 aromatic heterocycles. The van der Waals surface area contributed by atoms with Crippen molar-refractivity contribution in [2.45, 2.75) is 46.1 Å². The highest BCUT2D eigenvalue weighted by Crippen LogP contribution is 2.38. The van der Waals surface area contributed by atoms with Crippen molar-refractivity contribution in [2.24, 2.45) is 5.92 Å². The summed E-state index contributed by atoms with van der Waals surface area (Å²) in [6.07, 6.45) is 2.56. The maximum Gasteiger partial charge on any atom is 0.0430 e. The molecule has 1 fully saturated rings. The molecule has 0 amide bonds. The highest BCUT2D eigenvalue weighted by Gasteiger charge is 2.35. The Morgan fingerprint density at radius 1 is 1.26 bits per heavy atom. The fourth-order valence-corrected chi connectivity index (χ4v) is 3.64. The van der Waals surface area contributed by atoms with Crippen molar-refractivity contribution >= 4 is 5.69 Å². The first kappa shape index (κ1) is 14.4. The lowest BCUT2D eigenvalue weighted by atomic mass is 9.81. The third-order valence-corrected chi connectivity index (χ3v) is 4.48. The zero-order valence-electron chi connectivity index (χ0n) is 13.1. The number of piperidine rings is 1. The van der Waals surface area contributed by atoms with Crippen molar-refractivity contribution in [2.75, 3.05) is 25.0 Å². The van der Waals surface area contributed by atoms with Gasteiger partial charge >= 0.3 is 0 Å². The summed E-state index contributed by atoms with van der Waals surface area (Å²) in [5, 5.41) is 3.33. The first-order valence-corrected chi connectivity index (χ1v) is 7.44. The van der Waals surface area contributed by atoms with Crippen molar-refractivity contribution in [1.82, 2.24) is 5.32 Å². The predicted octanol–water partition coefficient (Wildman–Crippen LogP) is 3.52. The Morgan fingerprint density at radius 3 is 2.42 bits per heavy atom. The average molecular weight is 260 g/mol. The Kier molecular flexibility index (Phi) is 4.19. The minimum absolute atomic E-state index is 0.247. The Balaban J connectivity index is 2.26. The summed E-state index contributed by atoms with van der Waals surface area (Å²) in [6, 6.07) is 6.63. The lowest BCUT2D eigenvalue weighted by molar-refractivity contribution is 0.269. The van der Waals surface area contributed by atoms with Crippen LogP contribution in [0.5, 0.6) is 0 Å². The van der Waals surface area contributed by atoms with E-state index in [1.807, 2.05) is 0 Å². The molecule has 1 aromatic carbocycles. The maximum absolute atomic E-state index is 3.33. The van der Waals surface area contributed by atoms with Gasteiger partial charge in [0, 0.05) is 17.8 Å². The van der Waals surface area contributed by atoms with Crippen LogP contribution in [0.2, 0.25) is 0 Å². The first-order chi connectivity index (χ1) is 8.95. The second-order valence-corrected chi connectivity index (χ2v) is 6.62. The van der Waals surface area contributed by atoms with E-state index in [2.05, 4.69) is 63.2 Å². The predicted molar refractivity (Wildman–Crippen MR) is 84.0 cm³/mol. The molecule has 2 heteroatoms. The van der Waals surface area contributed by atoms with Crippen molar-refractivity contribution in [3.05, 3.63) is 29.3 Å². The van der Waals surface area contributed by atoms with Gasteiger partial charge in [-0.3, -0.25) is 0 Å². The molecule has 19 heavy (non-hydrogen) atoms. The van der Waals surface area contributed by atoms with E-state index < -0.39 is 0 Å².